The summed E-state index contributed by atoms with van der Waals surface area (Å²) in [5.41, 5.74) is 0. The number of hydrogen-bond acceptors (Lipinski definition) is 10. The van der Waals surface area contributed by atoms with E-state index in [-0.39, 0.29) is 45.4 Å². The normalized spacial score (nSPS) is 13.5. The molecular formula is C46H88NO9P. The van der Waals surface area contributed by atoms with Gasteiger partial charge in [0, 0.05) is 39.1 Å². The first kappa shape index (κ1) is 55.5. The topological polar surface area (TPSA) is 132 Å². The van der Waals surface area contributed by atoms with E-state index in [9.17, 15) is 24.4 Å². The predicted octanol–water partition coefficient (Wildman–Crippen LogP) is 11.7. The summed E-state index contributed by atoms with van der Waals surface area (Å²) in [6, 6.07) is 0. The van der Waals surface area contributed by atoms with Gasteiger partial charge in [0.15, 0.2) is 6.10 Å². The van der Waals surface area contributed by atoms with Crippen molar-refractivity contribution in [3.63, 3.8) is 0 Å². The van der Waals surface area contributed by atoms with Crippen molar-refractivity contribution in [1.29, 1.82) is 0 Å². The fourth-order valence-corrected chi connectivity index (χ4v) is 7.43. The predicted molar refractivity (Wildman–Crippen MR) is 236 cm³/mol. The van der Waals surface area contributed by atoms with Crippen molar-refractivity contribution < 1.29 is 42.9 Å². The molecule has 0 aliphatic carbocycles. The van der Waals surface area contributed by atoms with Crippen LogP contribution >= 0.6 is 7.60 Å². The highest BCUT2D eigenvalue weighted by Gasteiger charge is 2.24. The zero-order chi connectivity index (χ0) is 41.9. The van der Waals surface area contributed by atoms with Crippen molar-refractivity contribution >= 4 is 19.5 Å². The zero-order valence-corrected chi connectivity index (χ0v) is 37.9. The van der Waals surface area contributed by atoms with E-state index in [0.29, 0.717) is 32.5 Å². The second-order valence-corrected chi connectivity index (χ2v) is 17.7. The third-order valence-corrected chi connectivity index (χ3v) is 11.3. The highest BCUT2D eigenvalue weighted by atomic mass is 31.2. The molecule has 0 aromatic carbocycles. The number of allylic oxidation sites excluding steroid dienone is 4. The smallest absolute Gasteiger partial charge is 0.327 e. The van der Waals surface area contributed by atoms with Gasteiger partial charge in [-0.05, 0) is 64.2 Å². The Hall–Kier alpha value is -1.55. The van der Waals surface area contributed by atoms with Gasteiger partial charge in [-0.1, -0.05) is 141 Å². The number of rotatable bonds is 44. The molecule has 0 spiro atoms. The summed E-state index contributed by atoms with van der Waals surface area (Å²) in [4.78, 5) is 27.1. The second-order valence-electron chi connectivity index (χ2n) is 15.7. The molecule has 0 radical (unpaired) electrons. The van der Waals surface area contributed by atoms with Crippen LogP contribution in [0.3, 0.4) is 0 Å². The SMILES string of the molecule is CCCCCCCCC=CCCCCCCCC(=O)OCC(COP(C)(=O)OCCN(CCO)CCO)OC(=O)CCCCCCCC=CCCCCCCCC. The lowest BCUT2D eigenvalue weighted by atomic mass is 10.1. The molecular weight excluding hydrogens is 741 g/mol. The number of carbonyl (C=O) groups excluding carboxylic acids is 2. The van der Waals surface area contributed by atoms with Gasteiger partial charge in [0.05, 0.1) is 26.4 Å². The third-order valence-electron chi connectivity index (χ3n) is 10.1. The number of hydrogen-bond donors (Lipinski definition) is 2. The van der Waals surface area contributed by atoms with E-state index in [1.807, 2.05) is 0 Å². The van der Waals surface area contributed by atoms with E-state index in [0.717, 1.165) is 70.6 Å². The van der Waals surface area contributed by atoms with Gasteiger partial charge >= 0.3 is 19.5 Å². The Labute approximate surface area is 349 Å². The molecule has 0 fully saturated rings. The lowest BCUT2D eigenvalue weighted by molar-refractivity contribution is -0.161. The van der Waals surface area contributed by atoms with Crippen LogP contribution in [0.5, 0.6) is 0 Å². The van der Waals surface area contributed by atoms with Crippen LogP contribution in [-0.2, 0) is 32.7 Å². The molecule has 11 heteroatoms. The number of esters is 2. The average Bonchev–Trinajstić information content (AvgIpc) is 3.19. The maximum absolute atomic E-state index is 13.0. The fourth-order valence-electron chi connectivity index (χ4n) is 6.51. The average molecular weight is 830 g/mol. The molecule has 0 saturated heterocycles. The van der Waals surface area contributed by atoms with Crippen molar-refractivity contribution in [3.8, 4) is 0 Å². The number of aliphatic hydroxyl groups excluding tert-OH is 2. The summed E-state index contributed by atoms with van der Waals surface area (Å²) in [7, 11) is -3.52. The van der Waals surface area contributed by atoms with Crippen molar-refractivity contribution in [2.24, 2.45) is 0 Å². The van der Waals surface area contributed by atoms with Crippen LogP contribution in [-0.4, -0.2) is 92.5 Å². The summed E-state index contributed by atoms with van der Waals surface area (Å²) in [5, 5.41) is 18.4. The van der Waals surface area contributed by atoms with Gasteiger partial charge in [-0.3, -0.25) is 19.1 Å². The number of carbonyl (C=O) groups is 2. The highest BCUT2D eigenvalue weighted by molar-refractivity contribution is 7.52. The molecule has 2 N–H and O–H groups in total. The quantitative estimate of drug-likeness (QED) is 0.0265. The molecule has 0 amide bonds. The van der Waals surface area contributed by atoms with Crippen molar-refractivity contribution in [3.05, 3.63) is 24.3 Å². The second kappa shape index (κ2) is 42.6. The Morgan fingerprint density at radius 2 is 0.947 bits per heavy atom. The number of nitrogens with zero attached hydrogens (tertiary/aromatic N) is 1. The zero-order valence-electron chi connectivity index (χ0n) is 37.0. The Bertz CT molecular complexity index is 1000. The van der Waals surface area contributed by atoms with E-state index >= 15 is 0 Å². The van der Waals surface area contributed by atoms with Crippen molar-refractivity contribution in [2.45, 2.75) is 200 Å². The van der Waals surface area contributed by atoms with Crippen LogP contribution in [0.4, 0.5) is 0 Å². The molecule has 0 saturated carbocycles. The summed E-state index contributed by atoms with van der Waals surface area (Å²) >= 11 is 0. The minimum Gasteiger partial charge on any atom is -0.462 e. The monoisotopic (exact) mass is 830 g/mol. The Balaban J connectivity index is 4.52. The summed E-state index contributed by atoms with van der Waals surface area (Å²) in [6.07, 6.45) is 39.5. The van der Waals surface area contributed by atoms with Gasteiger partial charge in [-0.15, -0.1) is 0 Å². The lowest BCUT2D eigenvalue weighted by Gasteiger charge is -2.23. The van der Waals surface area contributed by atoms with E-state index in [1.165, 1.54) is 96.6 Å². The molecule has 0 aromatic rings. The lowest BCUT2D eigenvalue weighted by Crippen LogP contribution is -2.33. The Kier molecular flexibility index (Phi) is 41.4. The number of aliphatic hydroxyl groups is 2. The van der Waals surface area contributed by atoms with Crippen LogP contribution in [0.15, 0.2) is 24.3 Å². The fraction of sp³-hybridized carbons (Fsp3) is 0.870. The van der Waals surface area contributed by atoms with Gasteiger partial charge in [0.25, 0.3) is 0 Å². The molecule has 336 valence electrons. The van der Waals surface area contributed by atoms with Gasteiger partial charge < -0.3 is 28.7 Å². The van der Waals surface area contributed by atoms with Gasteiger partial charge in [0.2, 0.25) is 0 Å². The molecule has 0 bridgehead atoms. The first-order valence-electron chi connectivity index (χ1n) is 23.2. The van der Waals surface area contributed by atoms with E-state index in [2.05, 4.69) is 38.2 Å². The third kappa shape index (κ3) is 41.0. The molecule has 2 atom stereocenters. The summed E-state index contributed by atoms with van der Waals surface area (Å²) in [6.45, 7) is 6.43. The van der Waals surface area contributed by atoms with Crippen LogP contribution in [0.2, 0.25) is 0 Å². The molecule has 2 unspecified atom stereocenters. The van der Waals surface area contributed by atoms with Gasteiger partial charge in [-0.25, -0.2) is 0 Å². The van der Waals surface area contributed by atoms with Gasteiger partial charge in [0.1, 0.15) is 6.61 Å². The van der Waals surface area contributed by atoms with E-state index in [4.69, 9.17) is 18.5 Å². The largest absolute Gasteiger partial charge is 0.462 e. The maximum atomic E-state index is 13.0. The molecule has 0 heterocycles. The molecule has 0 aromatic heterocycles. The van der Waals surface area contributed by atoms with Crippen LogP contribution in [0, 0.1) is 0 Å². The molecule has 57 heavy (non-hydrogen) atoms. The van der Waals surface area contributed by atoms with Crippen LogP contribution in [0.25, 0.3) is 0 Å². The Morgan fingerprint density at radius 3 is 1.39 bits per heavy atom. The minimum atomic E-state index is -3.52. The first-order valence-corrected chi connectivity index (χ1v) is 25.2. The number of unbranched alkanes of at least 4 members (excludes halogenated alkanes) is 22. The molecule has 0 aliphatic rings. The van der Waals surface area contributed by atoms with Crippen molar-refractivity contribution in [2.75, 3.05) is 59.3 Å². The standard InChI is InChI=1S/C46H88NO9P/c1-4-6-8-10-12-14-16-18-20-22-24-26-28-30-32-34-45(50)53-42-44(43-55-57(3,52)54-41-38-47(36-39-48)37-40-49)56-46(51)35-33-31-29-27-25-23-21-19-17-15-13-11-9-7-5-2/h18-21,44,48-49H,4-17,22-43H2,1-3H3. The highest BCUT2D eigenvalue weighted by Crippen LogP contribution is 2.43. The molecule has 0 aliphatic heterocycles. The Morgan fingerprint density at radius 1 is 0.544 bits per heavy atom. The minimum absolute atomic E-state index is 0.0681. The van der Waals surface area contributed by atoms with Crippen LogP contribution in [0.1, 0.15) is 194 Å². The number of ether oxygens (including phenoxy) is 2. The molecule has 10 nitrogen and oxygen atoms in total. The van der Waals surface area contributed by atoms with E-state index < -0.39 is 19.7 Å². The first-order chi connectivity index (χ1) is 27.8. The molecule has 0 rings (SSSR count). The summed E-state index contributed by atoms with van der Waals surface area (Å²) in [5.74, 6) is -0.750. The maximum Gasteiger partial charge on any atom is 0.327 e. The van der Waals surface area contributed by atoms with Crippen molar-refractivity contribution in [1.82, 2.24) is 4.90 Å². The summed E-state index contributed by atoms with van der Waals surface area (Å²) < 4.78 is 35.3. The van der Waals surface area contributed by atoms with Crippen LogP contribution < -0.4 is 0 Å². The van der Waals surface area contributed by atoms with E-state index in [1.54, 1.807) is 4.90 Å². The van der Waals surface area contributed by atoms with Gasteiger partial charge in [-0.2, -0.15) is 0 Å².